The summed E-state index contributed by atoms with van der Waals surface area (Å²) in [6, 6.07) is 0. The number of hydrogen-bond donors (Lipinski definition) is 1. The van der Waals surface area contributed by atoms with Crippen molar-refractivity contribution in [2.75, 3.05) is 13.2 Å². The molecule has 0 bridgehead atoms. The third-order valence-corrected chi connectivity index (χ3v) is 7.48. The maximum absolute atomic E-state index is 11.9. The second-order valence-corrected chi connectivity index (χ2v) is 12.1. The third kappa shape index (κ3) is 24.7. The fourth-order valence-corrected chi connectivity index (χ4v) is 4.77. The average Bonchev–Trinajstić information content (AvgIpc) is 3.72. The average molecular weight is 591 g/mol. The number of carbonyl (C=O) groups is 2. The summed E-state index contributed by atoms with van der Waals surface area (Å²) in [5.41, 5.74) is 0. The summed E-state index contributed by atoms with van der Waals surface area (Å²) in [6.45, 7) is 6.48. The molecule has 1 saturated heterocycles. The number of epoxide rings is 1. The van der Waals surface area contributed by atoms with Gasteiger partial charge in [-0.05, 0) is 50.9 Å². The molecule has 0 amide bonds. The summed E-state index contributed by atoms with van der Waals surface area (Å²) in [7, 11) is 0. The van der Waals surface area contributed by atoms with Gasteiger partial charge in [0.05, 0.1) is 12.2 Å². The Morgan fingerprint density at radius 2 is 1.29 bits per heavy atom. The SMILES string of the molecule is CCCCCC1OC1C/C=C\C/C=C\C/C=C\CCCC(=O)OC[C@H](O)COC(=O)CCCCCCCCCC(C)C. The van der Waals surface area contributed by atoms with Crippen molar-refractivity contribution < 1.29 is 28.9 Å². The molecule has 242 valence electrons. The maximum Gasteiger partial charge on any atom is 0.305 e. The number of hydrogen-bond acceptors (Lipinski definition) is 6. The molecule has 1 aliphatic heterocycles. The van der Waals surface area contributed by atoms with Gasteiger partial charge in [-0.3, -0.25) is 9.59 Å². The molecule has 0 radical (unpaired) electrons. The van der Waals surface area contributed by atoms with Gasteiger partial charge in [0.25, 0.3) is 0 Å². The highest BCUT2D eigenvalue weighted by atomic mass is 16.6. The van der Waals surface area contributed by atoms with Crippen molar-refractivity contribution in [3.05, 3.63) is 36.5 Å². The second kappa shape index (κ2) is 26.7. The minimum Gasteiger partial charge on any atom is -0.463 e. The Morgan fingerprint density at radius 3 is 1.93 bits per heavy atom. The lowest BCUT2D eigenvalue weighted by molar-refractivity contribution is -0.152. The molecule has 0 spiro atoms. The molecule has 2 unspecified atom stereocenters. The Morgan fingerprint density at radius 1 is 0.714 bits per heavy atom. The van der Waals surface area contributed by atoms with E-state index in [4.69, 9.17) is 14.2 Å². The molecule has 1 aliphatic rings. The molecule has 1 heterocycles. The first-order chi connectivity index (χ1) is 20.4. The van der Waals surface area contributed by atoms with Gasteiger partial charge in [-0.25, -0.2) is 0 Å². The van der Waals surface area contributed by atoms with Crippen LogP contribution in [0.15, 0.2) is 36.5 Å². The predicted molar refractivity (Wildman–Crippen MR) is 172 cm³/mol. The summed E-state index contributed by atoms with van der Waals surface area (Å²) >= 11 is 0. The molecule has 1 N–H and O–H groups in total. The van der Waals surface area contributed by atoms with E-state index in [2.05, 4.69) is 57.2 Å². The van der Waals surface area contributed by atoms with E-state index in [1.165, 1.54) is 57.8 Å². The van der Waals surface area contributed by atoms with E-state index in [0.717, 1.165) is 50.9 Å². The Bertz CT molecular complexity index is 756. The summed E-state index contributed by atoms with van der Waals surface area (Å²) in [5, 5.41) is 9.95. The van der Waals surface area contributed by atoms with Gasteiger partial charge in [-0.15, -0.1) is 0 Å². The molecule has 42 heavy (non-hydrogen) atoms. The summed E-state index contributed by atoms with van der Waals surface area (Å²) in [4.78, 5) is 23.8. The van der Waals surface area contributed by atoms with Crippen molar-refractivity contribution in [1.29, 1.82) is 0 Å². The van der Waals surface area contributed by atoms with Crippen molar-refractivity contribution >= 4 is 11.9 Å². The predicted octanol–water partition coefficient (Wildman–Crippen LogP) is 8.96. The van der Waals surface area contributed by atoms with Crippen LogP contribution in [0.1, 0.15) is 143 Å². The molecule has 1 fully saturated rings. The van der Waals surface area contributed by atoms with Crippen LogP contribution >= 0.6 is 0 Å². The van der Waals surface area contributed by atoms with Crippen LogP contribution in [-0.4, -0.2) is 48.6 Å². The van der Waals surface area contributed by atoms with Crippen LogP contribution < -0.4 is 0 Å². The number of aliphatic hydroxyl groups is 1. The molecule has 1 rings (SSSR count). The van der Waals surface area contributed by atoms with Gasteiger partial charge in [0, 0.05) is 12.8 Å². The molecule has 3 atom stereocenters. The highest BCUT2D eigenvalue weighted by Crippen LogP contribution is 2.30. The molecule has 0 aromatic rings. The Kier molecular flexibility index (Phi) is 24.2. The number of carbonyl (C=O) groups excluding carboxylic acids is 2. The summed E-state index contributed by atoms with van der Waals surface area (Å²) in [6.07, 6.45) is 32.4. The van der Waals surface area contributed by atoms with Gasteiger partial charge in [0.2, 0.25) is 0 Å². The fourth-order valence-electron chi connectivity index (χ4n) is 4.77. The van der Waals surface area contributed by atoms with Crippen LogP contribution in [0.4, 0.5) is 0 Å². The monoisotopic (exact) mass is 590 g/mol. The Balaban J connectivity index is 1.89. The first-order valence-corrected chi connectivity index (χ1v) is 17.0. The van der Waals surface area contributed by atoms with E-state index in [9.17, 15) is 14.7 Å². The van der Waals surface area contributed by atoms with Crippen LogP contribution in [-0.2, 0) is 23.8 Å². The van der Waals surface area contributed by atoms with E-state index in [1.807, 2.05) is 0 Å². The first kappa shape index (κ1) is 38.1. The molecule has 6 heteroatoms. The number of aliphatic hydroxyl groups excluding tert-OH is 1. The molecule has 0 saturated carbocycles. The third-order valence-electron chi connectivity index (χ3n) is 7.48. The molecule has 0 aliphatic carbocycles. The summed E-state index contributed by atoms with van der Waals surface area (Å²) in [5.74, 6) is 0.149. The molecule has 0 aromatic carbocycles. The number of rotatable bonds is 28. The minimum absolute atomic E-state index is 0.136. The van der Waals surface area contributed by atoms with Gasteiger partial charge >= 0.3 is 11.9 Å². The maximum atomic E-state index is 11.9. The summed E-state index contributed by atoms with van der Waals surface area (Å²) < 4.78 is 15.9. The van der Waals surface area contributed by atoms with Crippen LogP contribution in [0.25, 0.3) is 0 Å². The normalized spacial score (nSPS) is 17.5. The van der Waals surface area contributed by atoms with E-state index in [0.29, 0.717) is 31.5 Å². The molecule has 6 nitrogen and oxygen atoms in total. The van der Waals surface area contributed by atoms with E-state index in [1.54, 1.807) is 0 Å². The zero-order valence-corrected chi connectivity index (χ0v) is 27.1. The van der Waals surface area contributed by atoms with Crippen LogP contribution in [0.3, 0.4) is 0 Å². The van der Waals surface area contributed by atoms with E-state index in [-0.39, 0.29) is 25.2 Å². The van der Waals surface area contributed by atoms with Crippen molar-refractivity contribution in [2.24, 2.45) is 5.92 Å². The van der Waals surface area contributed by atoms with E-state index < -0.39 is 6.10 Å². The van der Waals surface area contributed by atoms with Crippen molar-refractivity contribution in [3.63, 3.8) is 0 Å². The Labute approximate surface area is 257 Å². The van der Waals surface area contributed by atoms with Gasteiger partial charge in [-0.1, -0.05) is 121 Å². The van der Waals surface area contributed by atoms with E-state index >= 15 is 0 Å². The highest BCUT2D eigenvalue weighted by Gasteiger charge is 2.36. The number of unbranched alkanes of at least 4 members (excludes halogenated alkanes) is 9. The number of ether oxygens (including phenoxy) is 3. The standard InChI is InChI=1S/C36H62O6/c1-4-5-19-25-33-34(42-33)26-21-16-12-8-6-7-9-13-17-22-27-35(38)40-29-32(37)30-41-36(39)28-23-18-14-10-11-15-20-24-31(2)3/h6,8-9,13,16,21,31-34,37H,4-5,7,10-12,14-15,17-20,22-30H2,1-3H3/b8-6-,13-9-,21-16-/t32-,33?,34?/m0/s1. The lowest BCUT2D eigenvalue weighted by Gasteiger charge is -2.12. The Hall–Kier alpha value is -1.92. The fraction of sp³-hybridized carbons (Fsp3) is 0.778. The quantitative estimate of drug-likeness (QED) is 0.0424. The van der Waals surface area contributed by atoms with Crippen molar-refractivity contribution in [3.8, 4) is 0 Å². The molecular formula is C36H62O6. The van der Waals surface area contributed by atoms with Crippen LogP contribution in [0, 0.1) is 5.92 Å². The largest absolute Gasteiger partial charge is 0.463 e. The smallest absolute Gasteiger partial charge is 0.305 e. The lowest BCUT2D eigenvalue weighted by atomic mass is 10.0. The zero-order valence-electron chi connectivity index (χ0n) is 27.1. The number of esters is 2. The van der Waals surface area contributed by atoms with Crippen molar-refractivity contribution in [1.82, 2.24) is 0 Å². The number of allylic oxidation sites excluding steroid dienone is 5. The lowest BCUT2D eigenvalue weighted by Crippen LogP contribution is -2.25. The van der Waals surface area contributed by atoms with Crippen LogP contribution in [0.2, 0.25) is 0 Å². The van der Waals surface area contributed by atoms with Crippen LogP contribution in [0.5, 0.6) is 0 Å². The minimum atomic E-state index is -0.986. The topological polar surface area (TPSA) is 85.4 Å². The van der Waals surface area contributed by atoms with Gasteiger partial charge < -0.3 is 19.3 Å². The molecule has 0 aromatic heterocycles. The van der Waals surface area contributed by atoms with Gasteiger partial charge in [0.15, 0.2) is 0 Å². The van der Waals surface area contributed by atoms with Gasteiger partial charge in [-0.2, -0.15) is 0 Å². The highest BCUT2D eigenvalue weighted by molar-refractivity contribution is 5.69. The van der Waals surface area contributed by atoms with Gasteiger partial charge in [0.1, 0.15) is 19.3 Å². The second-order valence-electron chi connectivity index (χ2n) is 12.1. The first-order valence-electron chi connectivity index (χ1n) is 17.0. The zero-order chi connectivity index (χ0) is 30.7. The van der Waals surface area contributed by atoms with Crippen molar-refractivity contribution in [2.45, 2.75) is 161 Å². The molecular weight excluding hydrogens is 528 g/mol.